The molecule has 33 heavy (non-hydrogen) atoms. The topological polar surface area (TPSA) is 86.9 Å². The molecule has 2 atom stereocenters. The SMILES string of the molecule is Nc1nc(CC(=O)N2CC[C@@H](c3ccc(F)cc3)[C@H](COc3ccc4c(c3)OCO4)C2)cs1. The van der Waals surface area contributed by atoms with E-state index in [9.17, 15) is 9.18 Å². The number of fused-ring (bicyclic) bond motifs is 1. The minimum absolute atomic E-state index is 0.0194. The number of amides is 1. The fourth-order valence-electron chi connectivity index (χ4n) is 4.42. The number of nitrogen functional groups attached to an aromatic ring is 1. The number of aromatic nitrogens is 1. The smallest absolute Gasteiger partial charge is 0.231 e. The number of likely N-dealkylation sites (tertiary alicyclic amines) is 1. The molecular formula is C24H24FN3O4S. The van der Waals surface area contributed by atoms with E-state index in [-0.39, 0.29) is 36.8 Å². The Kier molecular flexibility index (Phi) is 6.04. The maximum atomic E-state index is 13.5. The summed E-state index contributed by atoms with van der Waals surface area (Å²) in [7, 11) is 0. The molecule has 1 fully saturated rings. The van der Waals surface area contributed by atoms with E-state index in [1.54, 1.807) is 0 Å². The van der Waals surface area contributed by atoms with Gasteiger partial charge in [-0.3, -0.25) is 4.79 Å². The summed E-state index contributed by atoms with van der Waals surface area (Å²) in [6, 6.07) is 12.1. The minimum atomic E-state index is -0.262. The second kappa shape index (κ2) is 9.27. The molecule has 3 heterocycles. The van der Waals surface area contributed by atoms with Gasteiger partial charge < -0.3 is 24.8 Å². The van der Waals surface area contributed by atoms with Crippen molar-refractivity contribution < 1.29 is 23.4 Å². The Balaban J connectivity index is 1.30. The first-order valence-corrected chi connectivity index (χ1v) is 11.7. The Morgan fingerprint density at radius 1 is 1.21 bits per heavy atom. The zero-order valence-corrected chi connectivity index (χ0v) is 18.7. The summed E-state index contributed by atoms with van der Waals surface area (Å²) in [5.74, 6) is 1.98. The molecule has 0 spiro atoms. The highest BCUT2D eigenvalue weighted by Gasteiger charge is 2.33. The second-order valence-electron chi connectivity index (χ2n) is 8.23. The quantitative estimate of drug-likeness (QED) is 0.590. The van der Waals surface area contributed by atoms with Crippen molar-refractivity contribution in [2.24, 2.45) is 5.92 Å². The van der Waals surface area contributed by atoms with Crippen LogP contribution in [0, 0.1) is 11.7 Å². The third-order valence-corrected chi connectivity index (χ3v) is 6.82. The molecule has 1 saturated heterocycles. The Morgan fingerprint density at radius 2 is 2.03 bits per heavy atom. The maximum Gasteiger partial charge on any atom is 0.231 e. The molecule has 0 unspecified atom stereocenters. The fourth-order valence-corrected chi connectivity index (χ4v) is 4.98. The van der Waals surface area contributed by atoms with E-state index in [2.05, 4.69) is 4.98 Å². The van der Waals surface area contributed by atoms with Gasteiger partial charge in [0.25, 0.3) is 0 Å². The maximum absolute atomic E-state index is 13.5. The number of hydrogen-bond acceptors (Lipinski definition) is 7. The van der Waals surface area contributed by atoms with Crippen molar-refractivity contribution in [1.29, 1.82) is 0 Å². The van der Waals surface area contributed by atoms with E-state index < -0.39 is 0 Å². The summed E-state index contributed by atoms with van der Waals surface area (Å²) in [6.45, 7) is 1.79. The van der Waals surface area contributed by atoms with Gasteiger partial charge in [-0.15, -0.1) is 11.3 Å². The normalized spacial score (nSPS) is 19.5. The Hall–Kier alpha value is -3.33. The van der Waals surface area contributed by atoms with Crippen molar-refractivity contribution in [2.75, 3.05) is 32.2 Å². The van der Waals surface area contributed by atoms with Crippen molar-refractivity contribution in [3.05, 3.63) is 64.9 Å². The van der Waals surface area contributed by atoms with Gasteiger partial charge in [-0.25, -0.2) is 9.37 Å². The summed E-state index contributed by atoms with van der Waals surface area (Å²) in [5.41, 5.74) is 7.44. The third-order valence-electron chi connectivity index (χ3n) is 6.09. The fraction of sp³-hybridized carbons (Fsp3) is 0.333. The Labute approximate surface area is 194 Å². The van der Waals surface area contributed by atoms with E-state index in [4.69, 9.17) is 19.9 Å². The number of benzene rings is 2. The van der Waals surface area contributed by atoms with Crippen molar-refractivity contribution >= 4 is 22.4 Å². The van der Waals surface area contributed by atoms with E-state index in [0.29, 0.717) is 47.8 Å². The van der Waals surface area contributed by atoms with Crippen LogP contribution in [-0.2, 0) is 11.2 Å². The number of nitrogens with two attached hydrogens (primary N) is 1. The minimum Gasteiger partial charge on any atom is -0.493 e. The molecule has 0 radical (unpaired) electrons. The summed E-state index contributed by atoms with van der Waals surface area (Å²) in [4.78, 5) is 19.0. The lowest BCUT2D eigenvalue weighted by Gasteiger charge is -2.38. The zero-order chi connectivity index (χ0) is 22.8. The third kappa shape index (κ3) is 4.88. The van der Waals surface area contributed by atoms with Crippen molar-refractivity contribution in [2.45, 2.75) is 18.8 Å². The number of anilines is 1. The van der Waals surface area contributed by atoms with Crippen LogP contribution >= 0.6 is 11.3 Å². The highest BCUT2D eigenvalue weighted by atomic mass is 32.1. The number of nitrogens with zero attached hydrogens (tertiary/aromatic N) is 2. The lowest BCUT2D eigenvalue weighted by atomic mass is 9.80. The molecule has 9 heteroatoms. The summed E-state index contributed by atoms with van der Waals surface area (Å²) in [6.07, 6.45) is 0.996. The van der Waals surface area contributed by atoms with Crippen LogP contribution in [0.2, 0.25) is 0 Å². The standard InChI is InChI=1S/C24H24FN3O4S/c25-17-3-1-15(2-4-17)20-7-8-28(23(29)9-18-13-33-24(26)27-18)11-16(20)12-30-19-5-6-21-22(10-19)32-14-31-21/h1-6,10,13,16,20H,7-9,11-12,14H2,(H2,26,27)/t16-,20-/m0/s1. The molecule has 3 aromatic rings. The number of hydrogen-bond donors (Lipinski definition) is 1. The molecule has 5 rings (SSSR count). The Bertz CT molecular complexity index is 1140. The van der Waals surface area contributed by atoms with Crippen LogP contribution in [-0.4, -0.2) is 42.3 Å². The van der Waals surface area contributed by atoms with E-state index in [0.717, 1.165) is 12.0 Å². The van der Waals surface area contributed by atoms with Crippen molar-refractivity contribution in [3.63, 3.8) is 0 Å². The van der Waals surface area contributed by atoms with Gasteiger partial charge in [0.2, 0.25) is 12.7 Å². The second-order valence-corrected chi connectivity index (χ2v) is 9.12. The molecular weight excluding hydrogens is 445 g/mol. The van der Waals surface area contributed by atoms with Crippen molar-refractivity contribution in [1.82, 2.24) is 9.88 Å². The Morgan fingerprint density at radius 3 is 2.82 bits per heavy atom. The number of rotatable bonds is 6. The largest absolute Gasteiger partial charge is 0.493 e. The van der Waals surface area contributed by atoms with Crippen LogP contribution in [0.15, 0.2) is 47.8 Å². The predicted molar refractivity (Wildman–Crippen MR) is 122 cm³/mol. The molecule has 172 valence electrons. The van der Waals surface area contributed by atoms with Crippen LogP contribution in [0.3, 0.4) is 0 Å². The molecule has 1 aromatic heterocycles. The van der Waals surface area contributed by atoms with E-state index in [1.165, 1.54) is 23.5 Å². The van der Waals surface area contributed by atoms with Gasteiger partial charge >= 0.3 is 0 Å². The van der Waals surface area contributed by atoms with Gasteiger partial charge in [0.15, 0.2) is 16.6 Å². The molecule has 0 saturated carbocycles. The molecule has 2 aromatic carbocycles. The molecule has 2 N–H and O–H groups in total. The first kappa shape index (κ1) is 21.5. The van der Waals surface area contributed by atoms with Gasteiger partial charge in [-0.05, 0) is 42.2 Å². The highest BCUT2D eigenvalue weighted by Crippen LogP contribution is 2.37. The number of halogens is 1. The van der Waals surface area contributed by atoms with Gasteiger partial charge in [0.1, 0.15) is 11.6 Å². The molecule has 1 amide bonds. The highest BCUT2D eigenvalue weighted by molar-refractivity contribution is 7.13. The van der Waals surface area contributed by atoms with Crippen LogP contribution in [0.5, 0.6) is 17.2 Å². The first-order chi connectivity index (χ1) is 16.0. The lowest BCUT2D eigenvalue weighted by molar-refractivity contribution is -0.132. The summed E-state index contributed by atoms with van der Waals surface area (Å²) >= 11 is 1.33. The lowest BCUT2D eigenvalue weighted by Crippen LogP contribution is -2.45. The number of piperidine rings is 1. The van der Waals surface area contributed by atoms with E-state index in [1.807, 2.05) is 40.6 Å². The number of carbonyl (C=O) groups excluding carboxylic acids is 1. The van der Waals surface area contributed by atoms with Crippen LogP contribution in [0.4, 0.5) is 9.52 Å². The zero-order valence-electron chi connectivity index (χ0n) is 17.9. The van der Waals surface area contributed by atoms with Gasteiger partial charge in [-0.1, -0.05) is 12.1 Å². The molecule has 7 nitrogen and oxygen atoms in total. The monoisotopic (exact) mass is 469 g/mol. The van der Waals surface area contributed by atoms with Gasteiger partial charge in [-0.2, -0.15) is 0 Å². The average molecular weight is 470 g/mol. The van der Waals surface area contributed by atoms with Crippen LogP contribution < -0.4 is 19.9 Å². The number of ether oxygens (including phenoxy) is 3. The first-order valence-electron chi connectivity index (χ1n) is 10.8. The number of carbonyl (C=O) groups is 1. The van der Waals surface area contributed by atoms with Crippen molar-refractivity contribution in [3.8, 4) is 17.2 Å². The van der Waals surface area contributed by atoms with Gasteiger partial charge in [0, 0.05) is 30.5 Å². The molecule has 2 aliphatic heterocycles. The molecule has 0 aliphatic carbocycles. The molecule has 0 bridgehead atoms. The van der Waals surface area contributed by atoms with E-state index >= 15 is 0 Å². The summed E-state index contributed by atoms with van der Waals surface area (Å²) in [5, 5.41) is 2.28. The molecule has 2 aliphatic rings. The van der Waals surface area contributed by atoms with Crippen LogP contribution in [0.1, 0.15) is 23.6 Å². The number of thiazole rings is 1. The van der Waals surface area contributed by atoms with Gasteiger partial charge in [0.05, 0.1) is 18.7 Å². The average Bonchev–Trinajstić information content (AvgIpc) is 3.46. The summed E-state index contributed by atoms with van der Waals surface area (Å²) < 4.78 is 30.4. The predicted octanol–water partition coefficient (Wildman–Crippen LogP) is 3.85. The van der Waals surface area contributed by atoms with Crippen LogP contribution in [0.25, 0.3) is 0 Å².